The quantitative estimate of drug-likeness (QED) is 0.830. The Labute approximate surface area is 84.4 Å². The lowest BCUT2D eigenvalue weighted by Crippen LogP contribution is -2.07. The minimum Gasteiger partial charge on any atom is -0.475 e. The molecule has 1 unspecified atom stereocenters. The fourth-order valence-electron chi connectivity index (χ4n) is 0.877. The number of rotatable bonds is 4. The maximum atomic E-state index is 11.4. The molecule has 0 spiro atoms. The molecular formula is C9H12O4S. The molecule has 0 saturated carbocycles. The lowest BCUT2D eigenvalue weighted by Gasteiger charge is -2.01. The van der Waals surface area contributed by atoms with Crippen LogP contribution in [0, 0.1) is 0 Å². The van der Waals surface area contributed by atoms with Crippen molar-refractivity contribution < 1.29 is 18.5 Å². The van der Waals surface area contributed by atoms with Gasteiger partial charge in [-0.3, -0.25) is 4.21 Å². The molecule has 1 rings (SSSR count). The van der Waals surface area contributed by atoms with E-state index in [0.29, 0.717) is 5.76 Å². The fraction of sp³-hybridized carbons (Fsp3) is 0.444. The zero-order valence-corrected chi connectivity index (χ0v) is 8.84. The van der Waals surface area contributed by atoms with Crippen LogP contribution < -0.4 is 0 Å². The number of hydrogen-bond acceptors (Lipinski definition) is 3. The summed E-state index contributed by atoms with van der Waals surface area (Å²) in [4.78, 5) is 10.5. The van der Waals surface area contributed by atoms with Gasteiger partial charge < -0.3 is 9.52 Å². The van der Waals surface area contributed by atoms with Gasteiger partial charge in [0.2, 0.25) is 5.76 Å². The van der Waals surface area contributed by atoms with Crippen molar-refractivity contribution in [3.05, 3.63) is 23.7 Å². The second-order valence-electron chi connectivity index (χ2n) is 3.14. The summed E-state index contributed by atoms with van der Waals surface area (Å²) in [5, 5.41) is 8.62. The van der Waals surface area contributed by atoms with Crippen LogP contribution >= 0.6 is 0 Å². The molecule has 0 aliphatic carbocycles. The molecule has 1 N–H and O–H groups in total. The van der Waals surface area contributed by atoms with E-state index in [1.54, 1.807) is 6.07 Å². The Morgan fingerprint density at radius 2 is 2.21 bits per heavy atom. The maximum Gasteiger partial charge on any atom is 0.371 e. The topological polar surface area (TPSA) is 67.5 Å². The highest BCUT2D eigenvalue weighted by Crippen LogP contribution is 2.11. The van der Waals surface area contributed by atoms with Crippen LogP contribution in [0.1, 0.15) is 30.2 Å². The van der Waals surface area contributed by atoms with Crippen LogP contribution in [-0.2, 0) is 16.6 Å². The standard InChI is InChI=1S/C9H12O4S/c1-6(2)14(12)5-7-3-4-8(13-7)9(10)11/h3-4,6H,5H2,1-2H3,(H,10,11). The van der Waals surface area contributed by atoms with Crippen LogP contribution in [-0.4, -0.2) is 20.5 Å². The summed E-state index contributed by atoms with van der Waals surface area (Å²) >= 11 is 0. The third-order valence-electron chi connectivity index (χ3n) is 1.68. The van der Waals surface area contributed by atoms with E-state index in [0.717, 1.165) is 0 Å². The van der Waals surface area contributed by atoms with Crippen molar-refractivity contribution in [2.75, 3.05) is 0 Å². The van der Waals surface area contributed by atoms with E-state index in [9.17, 15) is 9.00 Å². The number of carboxylic acids is 1. The van der Waals surface area contributed by atoms with Gasteiger partial charge in [0.05, 0.1) is 5.75 Å². The molecule has 0 aliphatic heterocycles. The molecule has 0 radical (unpaired) electrons. The molecule has 78 valence electrons. The molecule has 0 amide bonds. The highest BCUT2D eigenvalue weighted by molar-refractivity contribution is 7.84. The SMILES string of the molecule is CC(C)S(=O)Cc1ccc(C(=O)O)o1. The summed E-state index contributed by atoms with van der Waals surface area (Å²) in [6.07, 6.45) is 0. The van der Waals surface area contributed by atoms with Gasteiger partial charge in [0, 0.05) is 16.0 Å². The summed E-state index contributed by atoms with van der Waals surface area (Å²) in [5.74, 6) is -0.493. The molecule has 0 saturated heterocycles. The summed E-state index contributed by atoms with van der Waals surface area (Å²) in [6.45, 7) is 3.69. The number of hydrogen-bond donors (Lipinski definition) is 1. The van der Waals surface area contributed by atoms with Crippen molar-refractivity contribution in [1.29, 1.82) is 0 Å². The van der Waals surface area contributed by atoms with Gasteiger partial charge in [0.25, 0.3) is 0 Å². The summed E-state index contributed by atoms with van der Waals surface area (Å²) in [6, 6.07) is 2.92. The molecule has 1 heterocycles. The van der Waals surface area contributed by atoms with Crippen molar-refractivity contribution in [3.63, 3.8) is 0 Å². The van der Waals surface area contributed by atoms with Crippen LogP contribution in [0.3, 0.4) is 0 Å². The maximum absolute atomic E-state index is 11.4. The molecule has 4 nitrogen and oxygen atoms in total. The van der Waals surface area contributed by atoms with Gasteiger partial charge >= 0.3 is 5.97 Å². The first-order chi connectivity index (χ1) is 6.50. The lowest BCUT2D eigenvalue weighted by molar-refractivity contribution is 0.0661. The molecule has 0 aromatic carbocycles. The van der Waals surface area contributed by atoms with E-state index in [2.05, 4.69) is 0 Å². The van der Waals surface area contributed by atoms with Crippen molar-refractivity contribution in [2.45, 2.75) is 24.9 Å². The monoisotopic (exact) mass is 216 g/mol. The van der Waals surface area contributed by atoms with Crippen molar-refractivity contribution >= 4 is 16.8 Å². The Kier molecular flexibility index (Phi) is 3.46. The average molecular weight is 216 g/mol. The van der Waals surface area contributed by atoms with Crippen molar-refractivity contribution in [2.24, 2.45) is 0 Å². The molecule has 1 aromatic rings. The van der Waals surface area contributed by atoms with E-state index < -0.39 is 16.8 Å². The first-order valence-electron chi connectivity index (χ1n) is 4.20. The van der Waals surface area contributed by atoms with E-state index in [1.165, 1.54) is 6.07 Å². The van der Waals surface area contributed by atoms with Gasteiger partial charge in [0.15, 0.2) is 0 Å². The summed E-state index contributed by atoms with van der Waals surface area (Å²) < 4.78 is 16.4. The second kappa shape index (κ2) is 4.41. The first-order valence-corrected chi connectivity index (χ1v) is 5.58. The summed E-state index contributed by atoms with van der Waals surface area (Å²) in [7, 11) is -1.01. The van der Waals surface area contributed by atoms with Crippen LogP contribution in [0.15, 0.2) is 16.5 Å². The Balaban J connectivity index is 2.69. The van der Waals surface area contributed by atoms with Crippen LogP contribution in [0.5, 0.6) is 0 Å². The highest BCUT2D eigenvalue weighted by Gasteiger charge is 2.12. The fourth-order valence-corrected chi connectivity index (χ4v) is 1.65. The van der Waals surface area contributed by atoms with E-state index >= 15 is 0 Å². The molecule has 1 aromatic heterocycles. The summed E-state index contributed by atoms with van der Waals surface area (Å²) in [5.41, 5.74) is 0. The minimum atomic E-state index is -1.11. The molecule has 1 atom stereocenters. The third kappa shape index (κ3) is 2.70. The van der Waals surface area contributed by atoms with Gasteiger partial charge in [0.1, 0.15) is 5.76 Å². The van der Waals surface area contributed by atoms with Crippen molar-refractivity contribution in [1.82, 2.24) is 0 Å². The zero-order chi connectivity index (χ0) is 10.7. The Morgan fingerprint density at radius 3 is 2.64 bits per heavy atom. The zero-order valence-electron chi connectivity index (χ0n) is 8.02. The third-order valence-corrected chi connectivity index (χ3v) is 3.30. The molecular weight excluding hydrogens is 204 g/mol. The van der Waals surface area contributed by atoms with E-state index in [-0.39, 0.29) is 16.8 Å². The first kappa shape index (κ1) is 11.0. The Hall–Kier alpha value is -1.10. The predicted molar refractivity (Wildman–Crippen MR) is 52.6 cm³/mol. The largest absolute Gasteiger partial charge is 0.475 e. The lowest BCUT2D eigenvalue weighted by atomic mass is 10.4. The Morgan fingerprint density at radius 1 is 1.57 bits per heavy atom. The van der Waals surface area contributed by atoms with Crippen molar-refractivity contribution in [3.8, 4) is 0 Å². The van der Waals surface area contributed by atoms with Gasteiger partial charge in [-0.1, -0.05) is 13.8 Å². The van der Waals surface area contributed by atoms with Crippen LogP contribution in [0.2, 0.25) is 0 Å². The molecule has 14 heavy (non-hydrogen) atoms. The normalized spacial score (nSPS) is 13.1. The van der Waals surface area contributed by atoms with Crippen LogP contribution in [0.4, 0.5) is 0 Å². The van der Waals surface area contributed by atoms with Crippen LogP contribution in [0.25, 0.3) is 0 Å². The van der Waals surface area contributed by atoms with E-state index in [4.69, 9.17) is 9.52 Å². The Bertz CT molecular complexity index is 353. The van der Waals surface area contributed by atoms with Gasteiger partial charge in [-0.15, -0.1) is 0 Å². The number of carboxylic acid groups (broad SMARTS) is 1. The average Bonchev–Trinajstić information content (AvgIpc) is 2.52. The van der Waals surface area contributed by atoms with Gasteiger partial charge in [-0.2, -0.15) is 0 Å². The molecule has 0 aliphatic rings. The molecule has 5 heteroatoms. The van der Waals surface area contributed by atoms with E-state index in [1.807, 2.05) is 13.8 Å². The molecule has 0 fully saturated rings. The number of carbonyl (C=O) groups is 1. The molecule has 0 bridgehead atoms. The van der Waals surface area contributed by atoms with Gasteiger partial charge in [-0.05, 0) is 12.1 Å². The minimum absolute atomic E-state index is 0.0494. The number of furan rings is 1. The smallest absolute Gasteiger partial charge is 0.371 e. The second-order valence-corrected chi connectivity index (χ2v) is 5.14. The predicted octanol–water partition coefficient (Wildman–Crippen LogP) is 1.63. The highest BCUT2D eigenvalue weighted by atomic mass is 32.2. The van der Waals surface area contributed by atoms with Gasteiger partial charge in [-0.25, -0.2) is 4.79 Å². The number of aromatic carboxylic acids is 1.